The molecule has 140 valence electrons. The Balaban J connectivity index is 2.48. The monoisotopic (exact) mass is 355 g/mol. The van der Waals surface area contributed by atoms with Crippen LogP contribution in [-0.2, 0) is 19.7 Å². The van der Waals surface area contributed by atoms with E-state index >= 15 is 0 Å². The Morgan fingerprint density at radius 1 is 1.31 bits per heavy atom. The van der Waals surface area contributed by atoms with Crippen LogP contribution >= 0.6 is 0 Å². The van der Waals surface area contributed by atoms with Crippen molar-refractivity contribution in [2.75, 3.05) is 11.4 Å². The van der Waals surface area contributed by atoms with Gasteiger partial charge in [-0.2, -0.15) is 0 Å². The summed E-state index contributed by atoms with van der Waals surface area (Å²) in [5.74, 6) is -0.263. The first-order chi connectivity index (χ1) is 12.0. The molecule has 1 heterocycles. The van der Waals surface area contributed by atoms with E-state index in [-0.39, 0.29) is 29.3 Å². The van der Waals surface area contributed by atoms with Crippen LogP contribution in [0.5, 0.6) is 0 Å². The Morgan fingerprint density at radius 2 is 1.96 bits per heavy atom. The maximum absolute atomic E-state index is 13.3. The van der Waals surface area contributed by atoms with Crippen LogP contribution in [0.1, 0.15) is 53.0 Å². The number of hydrogen-bond donors (Lipinski definition) is 0. The van der Waals surface area contributed by atoms with Crippen LogP contribution in [0.25, 0.3) is 0 Å². The van der Waals surface area contributed by atoms with Crippen molar-refractivity contribution in [2.24, 2.45) is 0 Å². The van der Waals surface area contributed by atoms with Gasteiger partial charge in [0.2, 0.25) is 0 Å². The van der Waals surface area contributed by atoms with E-state index in [1.807, 2.05) is 38.1 Å². The Labute approximate surface area is 156 Å². The quantitative estimate of drug-likeness (QED) is 0.728. The molecule has 0 spiro atoms. The van der Waals surface area contributed by atoms with Gasteiger partial charge in [-0.1, -0.05) is 45.0 Å². The summed E-state index contributed by atoms with van der Waals surface area (Å²) in [4.78, 5) is 27.0. The fourth-order valence-electron chi connectivity index (χ4n) is 3.11. The summed E-state index contributed by atoms with van der Waals surface area (Å²) in [5.41, 5.74) is 1.11. The van der Waals surface area contributed by atoms with E-state index in [9.17, 15) is 9.59 Å². The van der Waals surface area contributed by atoms with Crippen molar-refractivity contribution in [1.29, 1.82) is 0 Å². The number of ketones is 1. The molecule has 1 aliphatic rings. The lowest BCUT2D eigenvalue weighted by atomic mass is 9.85. The molecule has 0 unspecified atom stereocenters. The highest BCUT2D eigenvalue weighted by Crippen LogP contribution is 2.34. The minimum Gasteiger partial charge on any atom is -0.481 e. The third-order valence-electron chi connectivity index (χ3n) is 4.29. The molecule has 1 aromatic rings. The average Bonchev–Trinajstić information content (AvgIpc) is 2.52. The first-order valence-electron chi connectivity index (χ1n) is 9.01. The van der Waals surface area contributed by atoms with E-state index in [1.165, 1.54) is 6.08 Å². The van der Waals surface area contributed by atoms with E-state index in [4.69, 9.17) is 4.74 Å². The number of anilines is 1. The van der Waals surface area contributed by atoms with Crippen molar-refractivity contribution < 1.29 is 14.3 Å². The Bertz CT molecular complexity index is 738. The minimum absolute atomic E-state index is 0.0858. The Morgan fingerprint density at radius 3 is 2.54 bits per heavy atom. The van der Waals surface area contributed by atoms with Crippen molar-refractivity contribution in [3.05, 3.63) is 54.3 Å². The van der Waals surface area contributed by atoms with Crippen LogP contribution in [0.3, 0.4) is 0 Å². The number of amides is 1. The van der Waals surface area contributed by atoms with Gasteiger partial charge < -0.3 is 9.64 Å². The number of para-hydroxylation sites is 1. The van der Waals surface area contributed by atoms with E-state index in [0.29, 0.717) is 13.0 Å². The summed E-state index contributed by atoms with van der Waals surface area (Å²) in [7, 11) is 0. The first-order valence-corrected chi connectivity index (χ1v) is 9.01. The molecule has 0 bridgehead atoms. The zero-order valence-corrected chi connectivity index (χ0v) is 16.5. The predicted molar refractivity (Wildman–Crippen MR) is 105 cm³/mol. The number of ether oxygens (including phenoxy) is 1. The van der Waals surface area contributed by atoms with Crippen LogP contribution in [0.2, 0.25) is 0 Å². The normalized spacial score (nSPS) is 16.5. The molecule has 4 nitrogen and oxygen atoms in total. The number of benzene rings is 1. The molecule has 1 aromatic carbocycles. The SMILES string of the molecule is C=CCCN(C(=O)C1=CC(=O)CC(C)(C)O1)c1ccccc1C(C)(C)C. The number of nitrogens with zero attached hydrogens (tertiary/aromatic N) is 1. The van der Waals surface area contributed by atoms with Crippen LogP contribution in [-0.4, -0.2) is 23.8 Å². The molecule has 26 heavy (non-hydrogen) atoms. The smallest absolute Gasteiger partial charge is 0.293 e. The van der Waals surface area contributed by atoms with E-state index in [2.05, 4.69) is 27.4 Å². The molecular weight excluding hydrogens is 326 g/mol. The highest BCUT2D eigenvalue weighted by atomic mass is 16.5. The largest absolute Gasteiger partial charge is 0.481 e. The third kappa shape index (κ3) is 4.63. The van der Waals surface area contributed by atoms with Crippen LogP contribution in [0.15, 0.2) is 48.8 Å². The lowest BCUT2D eigenvalue weighted by molar-refractivity contribution is -0.129. The van der Waals surface area contributed by atoms with Crippen molar-refractivity contribution in [1.82, 2.24) is 0 Å². The fourth-order valence-corrected chi connectivity index (χ4v) is 3.11. The summed E-state index contributed by atoms with van der Waals surface area (Å²) >= 11 is 0. The van der Waals surface area contributed by atoms with Gasteiger partial charge in [0.15, 0.2) is 11.5 Å². The summed E-state index contributed by atoms with van der Waals surface area (Å²) in [6.45, 7) is 14.2. The Hall–Kier alpha value is -2.36. The van der Waals surface area contributed by atoms with Gasteiger partial charge in [-0.25, -0.2) is 0 Å². The molecular formula is C22H29NO3. The van der Waals surface area contributed by atoms with Gasteiger partial charge in [-0.05, 0) is 37.3 Å². The van der Waals surface area contributed by atoms with Crippen LogP contribution in [0.4, 0.5) is 5.69 Å². The molecule has 2 rings (SSSR count). The van der Waals surface area contributed by atoms with Crippen molar-refractivity contribution in [3.63, 3.8) is 0 Å². The topological polar surface area (TPSA) is 46.6 Å². The predicted octanol–water partition coefficient (Wildman–Crippen LogP) is 4.55. The highest BCUT2D eigenvalue weighted by Gasteiger charge is 2.34. The van der Waals surface area contributed by atoms with Gasteiger partial charge >= 0.3 is 0 Å². The van der Waals surface area contributed by atoms with E-state index in [1.54, 1.807) is 11.0 Å². The van der Waals surface area contributed by atoms with Gasteiger partial charge in [0.05, 0.1) is 0 Å². The molecule has 1 amide bonds. The van der Waals surface area contributed by atoms with Gasteiger partial charge in [0.1, 0.15) is 5.60 Å². The molecule has 4 heteroatoms. The zero-order chi connectivity index (χ0) is 19.5. The number of hydrogen-bond acceptors (Lipinski definition) is 3. The molecule has 0 saturated heterocycles. The second-order valence-electron chi connectivity index (χ2n) is 8.31. The average molecular weight is 355 g/mol. The lowest BCUT2D eigenvalue weighted by Crippen LogP contribution is -2.40. The van der Waals surface area contributed by atoms with Crippen molar-refractivity contribution >= 4 is 17.4 Å². The Kier molecular flexibility index (Phi) is 5.74. The molecule has 0 aromatic heterocycles. The summed E-state index contributed by atoms with van der Waals surface area (Å²) < 4.78 is 5.84. The maximum atomic E-state index is 13.3. The van der Waals surface area contributed by atoms with Crippen molar-refractivity contribution in [3.8, 4) is 0 Å². The zero-order valence-electron chi connectivity index (χ0n) is 16.5. The maximum Gasteiger partial charge on any atom is 0.293 e. The van der Waals surface area contributed by atoms with Crippen LogP contribution < -0.4 is 4.90 Å². The standard InChI is InChI=1S/C22H29NO3/c1-7-8-13-23(18-12-10-9-11-17(18)21(2,3)4)20(25)19-14-16(24)15-22(5,6)26-19/h7,9-12,14H,1,8,13,15H2,2-6H3. The summed E-state index contributed by atoms with van der Waals surface area (Å²) in [6.07, 6.45) is 4.03. The third-order valence-corrected chi connectivity index (χ3v) is 4.29. The van der Waals surface area contributed by atoms with Gasteiger partial charge in [0, 0.05) is 24.7 Å². The number of carbonyl (C=O) groups excluding carboxylic acids is 2. The van der Waals surface area contributed by atoms with E-state index in [0.717, 1.165) is 11.3 Å². The minimum atomic E-state index is -0.676. The van der Waals surface area contributed by atoms with Gasteiger partial charge in [0.25, 0.3) is 5.91 Å². The van der Waals surface area contributed by atoms with Gasteiger partial charge in [-0.15, -0.1) is 6.58 Å². The van der Waals surface area contributed by atoms with Crippen LogP contribution in [0, 0.1) is 0 Å². The molecule has 0 N–H and O–H groups in total. The van der Waals surface area contributed by atoms with E-state index < -0.39 is 5.60 Å². The number of rotatable bonds is 5. The second-order valence-corrected chi connectivity index (χ2v) is 8.31. The molecule has 0 fully saturated rings. The molecule has 0 aliphatic carbocycles. The lowest BCUT2D eigenvalue weighted by Gasteiger charge is -2.34. The second kappa shape index (κ2) is 7.48. The molecule has 0 radical (unpaired) electrons. The number of allylic oxidation sites excluding steroid dienone is 1. The molecule has 0 atom stereocenters. The molecule has 0 saturated carbocycles. The number of carbonyl (C=O) groups is 2. The van der Waals surface area contributed by atoms with Crippen molar-refractivity contribution in [2.45, 2.75) is 58.5 Å². The highest BCUT2D eigenvalue weighted by molar-refractivity contribution is 6.09. The first kappa shape index (κ1) is 20.0. The molecule has 1 aliphatic heterocycles. The van der Waals surface area contributed by atoms with Gasteiger partial charge in [-0.3, -0.25) is 9.59 Å². The summed E-state index contributed by atoms with van der Waals surface area (Å²) in [6, 6.07) is 7.87. The summed E-state index contributed by atoms with van der Waals surface area (Å²) in [5, 5.41) is 0. The fraction of sp³-hybridized carbons (Fsp3) is 0.455.